The zero-order valence-corrected chi connectivity index (χ0v) is 12.1. The third-order valence-electron chi connectivity index (χ3n) is 3.77. The summed E-state index contributed by atoms with van der Waals surface area (Å²) < 4.78 is 0. The minimum absolute atomic E-state index is 0.0414. The van der Waals surface area contributed by atoms with Crippen LogP contribution in [0, 0.1) is 13.8 Å². The number of carbonyl (C=O) groups excluding carboxylic acids is 1. The quantitative estimate of drug-likeness (QED) is 0.864. The number of carbonyl (C=O) groups is 1. The number of hydrogen-bond donors (Lipinski definition) is 1. The van der Waals surface area contributed by atoms with Crippen molar-refractivity contribution < 1.29 is 4.79 Å². The summed E-state index contributed by atoms with van der Waals surface area (Å²) in [5.74, 6) is 0.796. The number of aryl methyl sites for hydroxylation is 2. The first-order valence-electron chi connectivity index (χ1n) is 6.66. The molecule has 4 heteroatoms. The van der Waals surface area contributed by atoms with Crippen molar-refractivity contribution in [3.63, 3.8) is 0 Å². The van der Waals surface area contributed by atoms with Crippen LogP contribution in [0.2, 0.25) is 0 Å². The predicted octanol–water partition coefficient (Wildman–Crippen LogP) is 2.99. The van der Waals surface area contributed by atoms with E-state index in [-0.39, 0.29) is 5.91 Å². The van der Waals surface area contributed by atoms with Gasteiger partial charge in [-0.1, -0.05) is 12.1 Å². The van der Waals surface area contributed by atoms with Crippen LogP contribution in [0.5, 0.6) is 0 Å². The number of rotatable bonds is 1. The summed E-state index contributed by atoms with van der Waals surface area (Å²) >= 11 is 0. The largest absolute Gasteiger partial charge is 0.325 e. The minimum Gasteiger partial charge on any atom is -0.325 e. The SMILES string of the molecule is Cc1cc(-c2ccc3c(c2)NC(=O)C3(C)C)nc(C)n1. The maximum absolute atomic E-state index is 12.0. The first-order chi connectivity index (χ1) is 9.38. The molecule has 4 nitrogen and oxygen atoms in total. The van der Waals surface area contributed by atoms with E-state index in [2.05, 4.69) is 15.3 Å². The molecule has 3 rings (SSSR count). The number of amides is 1. The minimum atomic E-state index is -0.467. The van der Waals surface area contributed by atoms with E-state index < -0.39 is 5.41 Å². The van der Waals surface area contributed by atoms with Gasteiger partial charge in [0.15, 0.2) is 0 Å². The van der Waals surface area contributed by atoms with Crippen LogP contribution in [0.15, 0.2) is 24.3 Å². The smallest absolute Gasteiger partial charge is 0.234 e. The van der Waals surface area contributed by atoms with Crippen LogP contribution in [0.3, 0.4) is 0 Å². The van der Waals surface area contributed by atoms with E-state index in [9.17, 15) is 4.79 Å². The molecule has 2 aromatic rings. The number of benzene rings is 1. The van der Waals surface area contributed by atoms with E-state index >= 15 is 0 Å². The van der Waals surface area contributed by atoms with Crippen LogP contribution in [-0.2, 0) is 10.2 Å². The fraction of sp³-hybridized carbons (Fsp3) is 0.312. The number of fused-ring (bicyclic) bond motifs is 1. The number of nitrogens with zero attached hydrogens (tertiary/aromatic N) is 2. The molecule has 0 fully saturated rings. The van der Waals surface area contributed by atoms with Crippen molar-refractivity contribution in [1.82, 2.24) is 9.97 Å². The van der Waals surface area contributed by atoms with Gasteiger partial charge in [-0.15, -0.1) is 0 Å². The summed E-state index contributed by atoms with van der Waals surface area (Å²) in [6.07, 6.45) is 0. The van der Waals surface area contributed by atoms with Gasteiger partial charge in [-0.2, -0.15) is 0 Å². The highest BCUT2D eigenvalue weighted by Crippen LogP contribution is 2.39. The second-order valence-electron chi connectivity index (χ2n) is 5.78. The molecule has 1 N–H and O–H groups in total. The van der Waals surface area contributed by atoms with Crippen LogP contribution in [0.4, 0.5) is 5.69 Å². The fourth-order valence-corrected chi connectivity index (χ4v) is 2.62. The van der Waals surface area contributed by atoms with E-state index in [0.29, 0.717) is 0 Å². The van der Waals surface area contributed by atoms with E-state index in [0.717, 1.165) is 34.0 Å². The van der Waals surface area contributed by atoms with Crippen LogP contribution in [0.25, 0.3) is 11.3 Å². The third-order valence-corrected chi connectivity index (χ3v) is 3.77. The van der Waals surface area contributed by atoms with E-state index in [1.165, 1.54) is 0 Å². The lowest BCUT2D eigenvalue weighted by Crippen LogP contribution is -2.26. The Balaban J connectivity index is 2.11. The van der Waals surface area contributed by atoms with Crippen LogP contribution in [0.1, 0.15) is 30.9 Å². The van der Waals surface area contributed by atoms with Crippen molar-refractivity contribution in [3.8, 4) is 11.3 Å². The van der Waals surface area contributed by atoms with Gasteiger partial charge in [-0.3, -0.25) is 4.79 Å². The standard InChI is InChI=1S/C16H17N3O/c1-9-7-13(18-10(2)17-9)11-5-6-12-14(8-11)19-15(20)16(12,3)4/h5-8H,1-4H3,(H,19,20). The maximum atomic E-state index is 12.0. The zero-order chi connectivity index (χ0) is 14.5. The third kappa shape index (κ3) is 1.88. The van der Waals surface area contributed by atoms with Gasteiger partial charge < -0.3 is 5.32 Å². The van der Waals surface area contributed by atoms with Crippen LogP contribution in [-0.4, -0.2) is 15.9 Å². The molecule has 0 radical (unpaired) electrons. The molecule has 0 aliphatic carbocycles. The van der Waals surface area contributed by atoms with Crippen molar-refractivity contribution in [3.05, 3.63) is 41.3 Å². The van der Waals surface area contributed by atoms with Crippen LogP contribution < -0.4 is 5.32 Å². The van der Waals surface area contributed by atoms with Crippen molar-refractivity contribution in [2.45, 2.75) is 33.1 Å². The van der Waals surface area contributed by atoms with Gasteiger partial charge in [-0.25, -0.2) is 9.97 Å². The maximum Gasteiger partial charge on any atom is 0.234 e. The normalized spacial score (nSPS) is 15.9. The van der Waals surface area contributed by atoms with Gasteiger partial charge in [0.1, 0.15) is 5.82 Å². The molecule has 1 aliphatic rings. The Hall–Kier alpha value is -2.23. The van der Waals surface area contributed by atoms with Gasteiger partial charge in [0, 0.05) is 16.9 Å². The molecule has 0 spiro atoms. The summed E-state index contributed by atoms with van der Waals surface area (Å²) in [4.78, 5) is 20.7. The molecular weight excluding hydrogens is 250 g/mol. The lowest BCUT2D eigenvalue weighted by Gasteiger charge is -2.15. The molecule has 1 aromatic carbocycles. The van der Waals surface area contributed by atoms with E-state index in [1.54, 1.807) is 0 Å². The average Bonchev–Trinajstić information content (AvgIpc) is 2.58. The van der Waals surface area contributed by atoms with Gasteiger partial charge in [0.25, 0.3) is 0 Å². The Morgan fingerprint density at radius 1 is 1.10 bits per heavy atom. The molecule has 20 heavy (non-hydrogen) atoms. The first-order valence-corrected chi connectivity index (χ1v) is 6.66. The Labute approximate surface area is 118 Å². The lowest BCUT2D eigenvalue weighted by atomic mass is 9.86. The molecule has 2 heterocycles. The molecule has 1 aliphatic heterocycles. The summed E-state index contributed by atoms with van der Waals surface area (Å²) in [5, 5.41) is 2.94. The van der Waals surface area contributed by atoms with Gasteiger partial charge in [0.05, 0.1) is 11.1 Å². The molecule has 1 aromatic heterocycles. The molecule has 102 valence electrons. The van der Waals surface area contributed by atoms with Gasteiger partial charge >= 0.3 is 0 Å². The number of anilines is 1. The first kappa shape index (κ1) is 12.8. The summed E-state index contributed by atoms with van der Waals surface area (Å²) in [6.45, 7) is 7.71. The molecule has 0 saturated carbocycles. The number of hydrogen-bond acceptors (Lipinski definition) is 3. The zero-order valence-electron chi connectivity index (χ0n) is 12.1. The Morgan fingerprint density at radius 2 is 1.85 bits per heavy atom. The van der Waals surface area contributed by atoms with Crippen LogP contribution >= 0.6 is 0 Å². The Bertz CT molecular complexity index is 699. The highest BCUT2D eigenvalue weighted by molar-refractivity contribution is 6.06. The second kappa shape index (κ2) is 4.13. The molecule has 0 atom stereocenters. The van der Waals surface area contributed by atoms with Crippen molar-refractivity contribution in [2.24, 2.45) is 0 Å². The average molecular weight is 267 g/mol. The molecule has 0 unspecified atom stereocenters. The lowest BCUT2D eigenvalue weighted by molar-refractivity contribution is -0.119. The molecular formula is C16H17N3O. The van der Waals surface area contributed by atoms with Crippen molar-refractivity contribution in [2.75, 3.05) is 5.32 Å². The molecule has 1 amide bonds. The molecule has 0 saturated heterocycles. The predicted molar refractivity (Wildman–Crippen MR) is 78.6 cm³/mol. The van der Waals surface area contributed by atoms with E-state index in [1.807, 2.05) is 52.0 Å². The fourth-order valence-electron chi connectivity index (χ4n) is 2.62. The Kier molecular flexibility index (Phi) is 2.64. The summed E-state index contributed by atoms with van der Waals surface area (Å²) in [6, 6.07) is 7.97. The van der Waals surface area contributed by atoms with Crippen molar-refractivity contribution >= 4 is 11.6 Å². The topological polar surface area (TPSA) is 54.9 Å². The number of nitrogens with one attached hydrogen (secondary N) is 1. The molecule has 0 bridgehead atoms. The van der Waals surface area contributed by atoms with Gasteiger partial charge in [-0.05, 0) is 45.4 Å². The highest BCUT2D eigenvalue weighted by Gasteiger charge is 2.38. The van der Waals surface area contributed by atoms with Crippen molar-refractivity contribution in [1.29, 1.82) is 0 Å². The second-order valence-corrected chi connectivity index (χ2v) is 5.78. The highest BCUT2D eigenvalue weighted by atomic mass is 16.2. The monoisotopic (exact) mass is 267 g/mol. The summed E-state index contributed by atoms with van der Waals surface area (Å²) in [5.41, 5.74) is 4.27. The van der Waals surface area contributed by atoms with E-state index in [4.69, 9.17) is 0 Å². The Morgan fingerprint density at radius 3 is 2.55 bits per heavy atom. The summed E-state index contributed by atoms with van der Waals surface area (Å²) in [7, 11) is 0. The van der Waals surface area contributed by atoms with Gasteiger partial charge in [0.2, 0.25) is 5.91 Å². The number of aromatic nitrogens is 2.